The maximum absolute atomic E-state index is 13.0. The topological polar surface area (TPSA) is 121 Å². The van der Waals surface area contributed by atoms with Gasteiger partial charge in [0.05, 0.1) is 129 Å². The van der Waals surface area contributed by atoms with Crippen molar-refractivity contribution in [3.05, 3.63) is 59.7 Å². The lowest BCUT2D eigenvalue weighted by Gasteiger charge is -2.13. The van der Waals surface area contributed by atoms with Crippen molar-refractivity contribution in [2.75, 3.05) is 131 Å². The summed E-state index contributed by atoms with van der Waals surface area (Å²) in [5.74, 6) is -0.626. The molecule has 2 aromatic rings. The van der Waals surface area contributed by atoms with Crippen LogP contribution in [-0.4, -0.2) is 132 Å². The van der Waals surface area contributed by atoms with Gasteiger partial charge in [-0.2, -0.15) is 13.2 Å². The van der Waals surface area contributed by atoms with Gasteiger partial charge in [0.25, 0.3) is 0 Å². The molecule has 0 amide bonds. The molecule has 0 spiro atoms. The molecule has 15 heteroatoms. The van der Waals surface area contributed by atoms with Crippen LogP contribution in [0.4, 0.5) is 24.5 Å². The third kappa shape index (κ3) is 23.3. The van der Waals surface area contributed by atoms with Gasteiger partial charge in [-0.1, -0.05) is 31.5 Å². The van der Waals surface area contributed by atoms with Gasteiger partial charge in [-0.15, -0.1) is 0 Å². The maximum atomic E-state index is 13.0. The minimum Gasteiger partial charge on any atom is -0.460 e. The van der Waals surface area contributed by atoms with Crippen molar-refractivity contribution in [3.8, 4) is 0 Å². The zero-order valence-electron chi connectivity index (χ0n) is 29.6. The van der Waals surface area contributed by atoms with Crippen LogP contribution in [0.2, 0.25) is 0 Å². The summed E-state index contributed by atoms with van der Waals surface area (Å²) in [7, 11) is 0. The second kappa shape index (κ2) is 29.7. The lowest BCUT2D eigenvalue weighted by Crippen LogP contribution is -2.16. The van der Waals surface area contributed by atoms with Crippen LogP contribution in [-0.2, 0) is 53.5 Å². The maximum Gasteiger partial charge on any atom is 0.416 e. The van der Waals surface area contributed by atoms with Crippen molar-refractivity contribution in [3.63, 3.8) is 0 Å². The highest BCUT2D eigenvalue weighted by Crippen LogP contribution is 2.32. The standard InChI is InChI=1S/C36H54F3NO11/c1-2-3-11-42-12-13-43-14-15-44-16-17-45-18-19-46-20-21-47-22-23-48-24-25-49-26-27-50-28-29-51-35(41)33-9-4-5-10-34(33)40-32-8-6-7-31(30-32)36(37,38)39/h4-10,30,40H,2-3,11-29H2,1H3. The van der Waals surface area contributed by atoms with E-state index in [0.717, 1.165) is 31.6 Å². The van der Waals surface area contributed by atoms with Gasteiger partial charge in [-0.05, 0) is 36.8 Å². The summed E-state index contributed by atoms with van der Waals surface area (Å²) in [6.07, 6.45) is -2.27. The molecule has 1 N–H and O–H groups in total. The Kier molecular flexibility index (Phi) is 25.8. The molecule has 0 aliphatic carbocycles. The molecule has 0 aliphatic heterocycles. The zero-order chi connectivity index (χ0) is 36.7. The Morgan fingerprint density at radius 3 is 1.39 bits per heavy atom. The van der Waals surface area contributed by atoms with Crippen LogP contribution in [0.1, 0.15) is 35.7 Å². The fourth-order valence-corrected chi connectivity index (χ4v) is 4.08. The Balaban J connectivity index is 1.32. The van der Waals surface area contributed by atoms with Crippen LogP contribution in [0.3, 0.4) is 0 Å². The number of rotatable bonds is 33. The fraction of sp³-hybridized carbons (Fsp3) is 0.639. The summed E-state index contributed by atoms with van der Waals surface area (Å²) in [4.78, 5) is 12.6. The fourth-order valence-electron chi connectivity index (χ4n) is 4.08. The predicted molar refractivity (Wildman–Crippen MR) is 184 cm³/mol. The average molecular weight is 734 g/mol. The summed E-state index contributed by atoms with van der Waals surface area (Å²) < 4.78 is 93.4. The number of hydrogen-bond acceptors (Lipinski definition) is 12. The van der Waals surface area contributed by atoms with Gasteiger partial charge >= 0.3 is 12.1 Å². The molecule has 2 aromatic carbocycles. The zero-order valence-corrected chi connectivity index (χ0v) is 29.6. The predicted octanol–water partition coefficient (Wildman–Crippen LogP) is 5.56. The van der Waals surface area contributed by atoms with Gasteiger partial charge in [0, 0.05) is 12.3 Å². The minimum absolute atomic E-state index is 0.00128. The van der Waals surface area contributed by atoms with Gasteiger partial charge in [0.1, 0.15) is 6.61 Å². The largest absolute Gasteiger partial charge is 0.460 e. The number of benzene rings is 2. The molecule has 0 saturated carbocycles. The summed E-state index contributed by atoms with van der Waals surface area (Å²) in [6.45, 7) is 10.6. The summed E-state index contributed by atoms with van der Waals surface area (Å²) >= 11 is 0. The summed E-state index contributed by atoms with van der Waals surface area (Å²) in [5.41, 5.74) is -0.0831. The molecule has 51 heavy (non-hydrogen) atoms. The quantitative estimate of drug-likeness (QED) is 0.0731. The van der Waals surface area contributed by atoms with Crippen LogP contribution in [0, 0.1) is 0 Å². The van der Waals surface area contributed by atoms with E-state index in [-0.39, 0.29) is 24.5 Å². The van der Waals surface area contributed by atoms with Gasteiger partial charge in [-0.3, -0.25) is 0 Å². The van der Waals surface area contributed by atoms with E-state index in [4.69, 9.17) is 47.4 Å². The molecule has 0 fully saturated rings. The first-order chi connectivity index (χ1) is 24.9. The first-order valence-electron chi connectivity index (χ1n) is 17.3. The SMILES string of the molecule is CCCCOCCOCCOCCOCCOCCOCCOCCOCCOCCOC(=O)c1ccccc1Nc1cccc(C(F)(F)F)c1. The van der Waals surface area contributed by atoms with E-state index < -0.39 is 17.7 Å². The number of nitrogens with one attached hydrogen (secondary N) is 1. The highest BCUT2D eigenvalue weighted by atomic mass is 19.4. The van der Waals surface area contributed by atoms with Gasteiger partial charge < -0.3 is 52.7 Å². The molecule has 290 valence electrons. The van der Waals surface area contributed by atoms with E-state index in [9.17, 15) is 18.0 Å². The molecule has 0 bridgehead atoms. The Hall–Kier alpha value is -2.86. The van der Waals surface area contributed by atoms with E-state index in [1.54, 1.807) is 18.2 Å². The molecular formula is C36H54F3NO11. The first-order valence-corrected chi connectivity index (χ1v) is 17.3. The number of carbonyl (C=O) groups is 1. The van der Waals surface area contributed by atoms with Crippen LogP contribution in [0.15, 0.2) is 48.5 Å². The second-order valence-corrected chi connectivity index (χ2v) is 10.7. The molecule has 0 aromatic heterocycles. The van der Waals surface area contributed by atoms with Crippen LogP contribution in [0.25, 0.3) is 0 Å². The highest BCUT2D eigenvalue weighted by molar-refractivity contribution is 5.96. The van der Waals surface area contributed by atoms with E-state index >= 15 is 0 Å². The Labute approximate surface area is 299 Å². The molecule has 0 saturated heterocycles. The van der Waals surface area contributed by atoms with Crippen LogP contribution in [0.5, 0.6) is 0 Å². The normalized spacial score (nSPS) is 11.6. The van der Waals surface area contributed by atoms with Crippen LogP contribution < -0.4 is 5.32 Å². The van der Waals surface area contributed by atoms with Crippen molar-refractivity contribution in [1.82, 2.24) is 0 Å². The molecule has 0 aliphatic rings. The third-order valence-electron chi connectivity index (χ3n) is 6.70. The molecule has 2 rings (SSSR count). The van der Waals surface area contributed by atoms with E-state index in [0.29, 0.717) is 111 Å². The number of ether oxygens (including phenoxy) is 10. The van der Waals surface area contributed by atoms with Crippen molar-refractivity contribution >= 4 is 17.3 Å². The first kappa shape index (κ1) is 44.3. The summed E-state index contributed by atoms with van der Waals surface area (Å²) in [6, 6.07) is 11.1. The van der Waals surface area contributed by atoms with Gasteiger partial charge in [0.2, 0.25) is 0 Å². The summed E-state index contributed by atoms with van der Waals surface area (Å²) in [5, 5.41) is 2.86. The number of halogens is 3. The van der Waals surface area contributed by atoms with E-state index in [1.165, 1.54) is 18.2 Å². The number of unbranched alkanes of at least 4 members (excludes halogenated alkanes) is 1. The molecule has 0 atom stereocenters. The second-order valence-electron chi connectivity index (χ2n) is 10.7. The number of esters is 1. The number of alkyl halides is 3. The lowest BCUT2D eigenvalue weighted by atomic mass is 10.1. The Morgan fingerprint density at radius 1 is 0.549 bits per heavy atom. The monoisotopic (exact) mass is 733 g/mol. The average Bonchev–Trinajstić information content (AvgIpc) is 3.12. The minimum atomic E-state index is -4.48. The van der Waals surface area contributed by atoms with Crippen molar-refractivity contribution < 1.29 is 65.3 Å². The number of para-hydroxylation sites is 1. The molecular weight excluding hydrogens is 679 g/mol. The van der Waals surface area contributed by atoms with Crippen molar-refractivity contribution in [1.29, 1.82) is 0 Å². The van der Waals surface area contributed by atoms with Gasteiger partial charge in [-0.25, -0.2) is 4.79 Å². The van der Waals surface area contributed by atoms with E-state index in [2.05, 4.69) is 12.2 Å². The van der Waals surface area contributed by atoms with Crippen LogP contribution >= 0.6 is 0 Å². The third-order valence-corrected chi connectivity index (χ3v) is 6.70. The smallest absolute Gasteiger partial charge is 0.416 e. The molecule has 0 radical (unpaired) electrons. The highest BCUT2D eigenvalue weighted by Gasteiger charge is 2.30. The van der Waals surface area contributed by atoms with Crippen molar-refractivity contribution in [2.45, 2.75) is 25.9 Å². The van der Waals surface area contributed by atoms with E-state index in [1.807, 2.05) is 0 Å². The Morgan fingerprint density at radius 2 is 0.961 bits per heavy atom. The number of hydrogen-bond donors (Lipinski definition) is 1. The number of carbonyl (C=O) groups excluding carboxylic acids is 1. The Bertz CT molecular complexity index is 1140. The van der Waals surface area contributed by atoms with Gasteiger partial charge in [0.15, 0.2) is 0 Å². The molecule has 0 unspecified atom stereocenters. The molecule has 12 nitrogen and oxygen atoms in total. The number of anilines is 2. The lowest BCUT2D eigenvalue weighted by molar-refractivity contribution is -0.137. The van der Waals surface area contributed by atoms with Crippen molar-refractivity contribution in [2.24, 2.45) is 0 Å². The molecule has 0 heterocycles.